The largest absolute Gasteiger partial charge is 0.393 e. The molecule has 0 aromatic rings. The molecule has 0 aliphatic carbocycles. The molecule has 3 unspecified atom stereocenters. The van der Waals surface area contributed by atoms with Crippen LogP contribution in [0.1, 0.15) is 20.3 Å². The van der Waals surface area contributed by atoms with E-state index in [2.05, 4.69) is 5.32 Å². The van der Waals surface area contributed by atoms with Crippen molar-refractivity contribution in [3.63, 3.8) is 0 Å². The average Bonchev–Trinajstić information content (AvgIpc) is 1.98. The molecule has 0 bridgehead atoms. The van der Waals surface area contributed by atoms with Crippen LogP contribution >= 0.6 is 0 Å². The average molecular weight is 204 g/mol. The summed E-state index contributed by atoms with van der Waals surface area (Å²) in [4.78, 5) is 1.95. The quantitative estimate of drug-likeness (QED) is 0.531. The number of aliphatic hydroxyl groups excluding tert-OH is 2. The summed E-state index contributed by atoms with van der Waals surface area (Å²) in [6.07, 6.45) is 0.0826. The molecule has 0 aliphatic heterocycles. The molecule has 4 nitrogen and oxygen atoms in total. The van der Waals surface area contributed by atoms with Gasteiger partial charge in [-0.1, -0.05) is 0 Å². The molecule has 0 saturated heterocycles. The van der Waals surface area contributed by atoms with Crippen LogP contribution in [0.3, 0.4) is 0 Å². The normalized spacial score (nSPS) is 18.2. The number of nitrogens with one attached hydrogen (secondary N) is 1. The van der Waals surface area contributed by atoms with Gasteiger partial charge in [-0.3, -0.25) is 0 Å². The van der Waals surface area contributed by atoms with Crippen molar-refractivity contribution < 1.29 is 10.2 Å². The molecule has 4 heteroatoms. The summed E-state index contributed by atoms with van der Waals surface area (Å²) in [7, 11) is 3.87. The first-order valence-corrected chi connectivity index (χ1v) is 5.16. The van der Waals surface area contributed by atoms with Gasteiger partial charge in [0.2, 0.25) is 0 Å². The van der Waals surface area contributed by atoms with Crippen LogP contribution in [0.4, 0.5) is 0 Å². The predicted molar refractivity (Wildman–Crippen MR) is 58.3 cm³/mol. The number of rotatable bonds is 7. The summed E-state index contributed by atoms with van der Waals surface area (Å²) in [5.41, 5.74) is 0. The van der Waals surface area contributed by atoms with E-state index in [1.807, 2.05) is 25.9 Å². The Morgan fingerprint density at radius 1 is 1.21 bits per heavy atom. The maximum atomic E-state index is 9.54. The Morgan fingerprint density at radius 3 is 2.21 bits per heavy atom. The molecule has 0 spiro atoms. The highest BCUT2D eigenvalue weighted by molar-refractivity contribution is 4.68. The molecular weight excluding hydrogens is 180 g/mol. The molecule has 3 atom stereocenters. The fourth-order valence-corrected chi connectivity index (χ4v) is 1.42. The standard InChI is InChI=1S/C10H24N2O2/c1-8(5-9(2)13)11-6-10(14)7-12(3)4/h8-11,13-14H,5-7H2,1-4H3. The lowest BCUT2D eigenvalue weighted by Crippen LogP contribution is -2.39. The molecule has 0 rings (SSSR count). The van der Waals surface area contributed by atoms with Crippen molar-refractivity contribution in [2.45, 2.75) is 38.5 Å². The molecule has 0 aliphatic rings. The van der Waals surface area contributed by atoms with Gasteiger partial charge in [0, 0.05) is 19.1 Å². The van der Waals surface area contributed by atoms with Gasteiger partial charge >= 0.3 is 0 Å². The Bertz CT molecular complexity index is 124. The molecule has 0 heterocycles. The van der Waals surface area contributed by atoms with E-state index in [4.69, 9.17) is 5.11 Å². The van der Waals surface area contributed by atoms with Crippen molar-refractivity contribution in [1.82, 2.24) is 10.2 Å². The minimum absolute atomic E-state index is 0.242. The van der Waals surface area contributed by atoms with Crippen molar-refractivity contribution in [1.29, 1.82) is 0 Å². The minimum atomic E-state index is -0.346. The van der Waals surface area contributed by atoms with Gasteiger partial charge in [0.15, 0.2) is 0 Å². The van der Waals surface area contributed by atoms with Crippen molar-refractivity contribution in [3.05, 3.63) is 0 Å². The first kappa shape index (κ1) is 13.8. The number of hydrogen-bond donors (Lipinski definition) is 3. The highest BCUT2D eigenvalue weighted by Gasteiger charge is 2.09. The Balaban J connectivity index is 3.50. The van der Waals surface area contributed by atoms with Gasteiger partial charge in [-0.25, -0.2) is 0 Å². The lowest BCUT2D eigenvalue weighted by atomic mass is 10.1. The van der Waals surface area contributed by atoms with Crippen molar-refractivity contribution >= 4 is 0 Å². The fraction of sp³-hybridized carbons (Fsp3) is 1.00. The first-order valence-electron chi connectivity index (χ1n) is 5.16. The minimum Gasteiger partial charge on any atom is -0.393 e. The van der Waals surface area contributed by atoms with Crippen molar-refractivity contribution in [2.24, 2.45) is 0 Å². The topological polar surface area (TPSA) is 55.7 Å². The number of aliphatic hydroxyl groups is 2. The Labute approximate surface area is 86.9 Å². The maximum absolute atomic E-state index is 9.54. The summed E-state index contributed by atoms with van der Waals surface area (Å²) in [6, 6.07) is 0.242. The van der Waals surface area contributed by atoms with Crippen LogP contribution in [0.15, 0.2) is 0 Å². The maximum Gasteiger partial charge on any atom is 0.0791 e. The SMILES string of the molecule is CC(O)CC(C)NCC(O)CN(C)C. The lowest BCUT2D eigenvalue weighted by molar-refractivity contribution is 0.124. The predicted octanol–water partition coefficient (Wildman–Crippen LogP) is -0.342. The molecule has 0 fully saturated rings. The zero-order valence-electron chi connectivity index (χ0n) is 9.70. The van der Waals surface area contributed by atoms with E-state index in [0.717, 1.165) is 0 Å². The van der Waals surface area contributed by atoms with Gasteiger partial charge in [0.25, 0.3) is 0 Å². The number of hydrogen-bond acceptors (Lipinski definition) is 4. The van der Waals surface area contributed by atoms with Crippen LogP contribution in [0.2, 0.25) is 0 Å². The first-order chi connectivity index (χ1) is 6.41. The van der Waals surface area contributed by atoms with E-state index in [1.165, 1.54) is 0 Å². The lowest BCUT2D eigenvalue weighted by Gasteiger charge is -2.20. The van der Waals surface area contributed by atoms with Crippen molar-refractivity contribution in [3.8, 4) is 0 Å². The van der Waals surface area contributed by atoms with Gasteiger partial charge < -0.3 is 20.4 Å². The van der Waals surface area contributed by atoms with Crippen molar-refractivity contribution in [2.75, 3.05) is 27.2 Å². The summed E-state index contributed by atoms with van der Waals surface area (Å²) in [6.45, 7) is 5.02. The molecule has 14 heavy (non-hydrogen) atoms. The molecule has 86 valence electrons. The fourth-order valence-electron chi connectivity index (χ4n) is 1.42. The van der Waals surface area contributed by atoms with Gasteiger partial charge in [0.1, 0.15) is 0 Å². The van der Waals surface area contributed by atoms with E-state index in [1.54, 1.807) is 6.92 Å². The summed E-state index contributed by atoms with van der Waals surface area (Å²) in [5.74, 6) is 0. The highest BCUT2D eigenvalue weighted by atomic mass is 16.3. The molecule has 0 amide bonds. The molecule has 0 saturated carbocycles. The van der Waals surface area contributed by atoms with Gasteiger partial charge in [-0.15, -0.1) is 0 Å². The second-order valence-electron chi connectivity index (χ2n) is 4.31. The zero-order chi connectivity index (χ0) is 11.1. The molecule has 0 aromatic carbocycles. The summed E-state index contributed by atoms with van der Waals surface area (Å²) >= 11 is 0. The van der Waals surface area contributed by atoms with Gasteiger partial charge in [-0.05, 0) is 34.4 Å². The smallest absolute Gasteiger partial charge is 0.0791 e. The van der Waals surface area contributed by atoms with Crippen LogP contribution in [0, 0.1) is 0 Å². The highest BCUT2D eigenvalue weighted by Crippen LogP contribution is 1.96. The third-order valence-electron chi connectivity index (χ3n) is 1.97. The summed E-state index contributed by atoms with van der Waals surface area (Å²) in [5, 5.41) is 21.8. The van der Waals surface area contributed by atoms with Gasteiger partial charge in [0.05, 0.1) is 12.2 Å². The number of likely N-dealkylation sites (N-methyl/N-ethyl adjacent to an activating group) is 1. The molecule has 0 aromatic heterocycles. The monoisotopic (exact) mass is 204 g/mol. The van der Waals surface area contributed by atoms with Gasteiger partial charge in [-0.2, -0.15) is 0 Å². The van der Waals surface area contributed by atoms with Crippen LogP contribution in [-0.4, -0.2) is 60.5 Å². The molecular formula is C10H24N2O2. The van der Waals surface area contributed by atoms with Crippen LogP contribution < -0.4 is 5.32 Å². The second-order valence-corrected chi connectivity index (χ2v) is 4.31. The van der Waals surface area contributed by atoms with Crippen LogP contribution in [-0.2, 0) is 0 Å². The molecule has 0 radical (unpaired) electrons. The van der Waals surface area contributed by atoms with Crippen LogP contribution in [0.25, 0.3) is 0 Å². The summed E-state index contributed by atoms with van der Waals surface area (Å²) < 4.78 is 0. The molecule has 3 N–H and O–H groups in total. The van der Waals surface area contributed by atoms with E-state index in [-0.39, 0.29) is 18.2 Å². The van der Waals surface area contributed by atoms with Crippen LogP contribution in [0.5, 0.6) is 0 Å². The Hall–Kier alpha value is -0.160. The second kappa shape index (κ2) is 7.17. The van der Waals surface area contributed by atoms with E-state index >= 15 is 0 Å². The van der Waals surface area contributed by atoms with E-state index in [9.17, 15) is 5.11 Å². The zero-order valence-corrected chi connectivity index (χ0v) is 9.70. The van der Waals surface area contributed by atoms with E-state index in [0.29, 0.717) is 19.5 Å². The third-order valence-corrected chi connectivity index (χ3v) is 1.97. The Kier molecular flexibility index (Phi) is 7.09. The number of nitrogens with zero attached hydrogens (tertiary/aromatic N) is 1. The van der Waals surface area contributed by atoms with E-state index < -0.39 is 0 Å². The Morgan fingerprint density at radius 2 is 1.79 bits per heavy atom. The third kappa shape index (κ3) is 8.44.